The fourth-order valence-electron chi connectivity index (χ4n) is 0.980. The van der Waals surface area contributed by atoms with E-state index in [1.54, 1.807) is 6.92 Å². The van der Waals surface area contributed by atoms with E-state index >= 15 is 0 Å². The first-order chi connectivity index (χ1) is 7.54. The molecule has 0 fully saturated rings. The van der Waals surface area contributed by atoms with Crippen LogP contribution < -0.4 is 5.32 Å². The summed E-state index contributed by atoms with van der Waals surface area (Å²) in [7, 11) is 0. The molecule has 0 aliphatic rings. The number of rotatable bonds is 2. The second-order valence-corrected chi connectivity index (χ2v) is 2.84. The summed E-state index contributed by atoms with van der Waals surface area (Å²) in [5.41, 5.74) is -0.0561. The molecular formula is C10H10FNO4. The molecule has 1 aromatic carbocycles. The van der Waals surface area contributed by atoms with Crippen molar-refractivity contribution in [3.63, 3.8) is 0 Å². The first kappa shape index (κ1) is 12.0. The molecule has 2 N–H and O–H groups in total. The molecule has 86 valence electrons. The molecule has 0 atom stereocenters. The van der Waals surface area contributed by atoms with Crippen LogP contribution in [0.1, 0.15) is 6.92 Å². The van der Waals surface area contributed by atoms with Crippen molar-refractivity contribution < 1.29 is 23.8 Å². The number of anilines is 1. The van der Waals surface area contributed by atoms with Crippen molar-refractivity contribution in [2.24, 2.45) is 0 Å². The summed E-state index contributed by atoms with van der Waals surface area (Å²) in [6.07, 6.45) is 0. The summed E-state index contributed by atoms with van der Waals surface area (Å²) in [5.74, 6) is -3.20. The molecule has 0 heterocycles. The Morgan fingerprint density at radius 2 is 2.19 bits per heavy atom. The lowest BCUT2D eigenvalue weighted by Crippen LogP contribution is -2.25. The Bertz CT molecular complexity index is 419. The van der Waals surface area contributed by atoms with Gasteiger partial charge in [0.05, 0.1) is 12.3 Å². The number of amides is 1. The summed E-state index contributed by atoms with van der Waals surface area (Å²) in [4.78, 5) is 22.1. The van der Waals surface area contributed by atoms with Crippen LogP contribution in [0, 0.1) is 5.82 Å². The maximum Gasteiger partial charge on any atom is 0.397 e. The number of aromatic hydroxyl groups is 1. The lowest BCUT2D eigenvalue weighted by atomic mass is 10.3. The average Bonchev–Trinajstić information content (AvgIpc) is 2.22. The average molecular weight is 227 g/mol. The van der Waals surface area contributed by atoms with Crippen LogP contribution in [0.3, 0.4) is 0 Å². The topological polar surface area (TPSA) is 75.6 Å². The molecule has 1 amide bonds. The second kappa shape index (κ2) is 5.11. The van der Waals surface area contributed by atoms with Crippen molar-refractivity contribution in [2.75, 3.05) is 11.9 Å². The smallest absolute Gasteiger partial charge is 0.397 e. The van der Waals surface area contributed by atoms with Gasteiger partial charge in [0, 0.05) is 6.07 Å². The van der Waals surface area contributed by atoms with Crippen molar-refractivity contribution in [1.29, 1.82) is 0 Å². The van der Waals surface area contributed by atoms with E-state index in [9.17, 15) is 19.1 Å². The number of carbonyl (C=O) groups is 2. The molecule has 0 unspecified atom stereocenters. The minimum absolute atomic E-state index is 0.0561. The third kappa shape index (κ3) is 2.94. The van der Waals surface area contributed by atoms with Crippen LogP contribution in [0.25, 0.3) is 0 Å². The number of hydrogen-bond acceptors (Lipinski definition) is 4. The van der Waals surface area contributed by atoms with Gasteiger partial charge in [0.25, 0.3) is 0 Å². The number of phenols is 1. The Balaban J connectivity index is 2.73. The van der Waals surface area contributed by atoms with Gasteiger partial charge in [-0.1, -0.05) is 0 Å². The number of esters is 1. The zero-order valence-electron chi connectivity index (χ0n) is 8.49. The number of halogens is 1. The van der Waals surface area contributed by atoms with Crippen LogP contribution in [0.5, 0.6) is 5.75 Å². The number of carbonyl (C=O) groups excluding carboxylic acids is 2. The highest BCUT2D eigenvalue weighted by atomic mass is 19.1. The lowest BCUT2D eigenvalue weighted by molar-refractivity contribution is -0.152. The van der Waals surface area contributed by atoms with Gasteiger partial charge < -0.3 is 15.2 Å². The summed E-state index contributed by atoms with van der Waals surface area (Å²) in [6.45, 7) is 1.63. The highest BCUT2D eigenvalue weighted by Gasteiger charge is 2.16. The standard InChI is InChI=1S/C10H10FNO4/c1-2-16-10(15)9(14)12-7-4-3-6(11)5-8(7)13/h3-5,13H,2H2,1H3,(H,12,14). The van der Waals surface area contributed by atoms with Crippen LogP contribution in [0.4, 0.5) is 10.1 Å². The normalized spacial score (nSPS) is 9.62. The number of ether oxygens (including phenoxy) is 1. The highest BCUT2D eigenvalue weighted by Crippen LogP contribution is 2.23. The van der Waals surface area contributed by atoms with Crippen molar-refractivity contribution in [3.05, 3.63) is 24.0 Å². The van der Waals surface area contributed by atoms with Gasteiger partial charge in [0.15, 0.2) is 0 Å². The molecule has 0 spiro atoms. The van der Waals surface area contributed by atoms with Crippen LogP contribution in [0.2, 0.25) is 0 Å². The summed E-state index contributed by atoms with van der Waals surface area (Å²) >= 11 is 0. The fourth-order valence-corrected chi connectivity index (χ4v) is 0.980. The van der Waals surface area contributed by atoms with Gasteiger partial charge in [-0.25, -0.2) is 9.18 Å². The zero-order chi connectivity index (χ0) is 12.1. The molecule has 0 aromatic heterocycles. The third-order valence-corrected chi connectivity index (χ3v) is 1.67. The Hall–Kier alpha value is -2.11. The number of benzene rings is 1. The van der Waals surface area contributed by atoms with Gasteiger partial charge in [0.1, 0.15) is 11.6 Å². The van der Waals surface area contributed by atoms with Gasteiger partial charge in [-0.3, -0.25) is 4.79 Å². The van der Waals surface area contributed by atoms with Crippen LogP contribution in [-0.2, 0) is 14.3 Å². The predicted octanol–water partition coefficient (Wildman–Crippen LogP) is 1.03. The maximum absolute atomic E-state index is 12.6. The molecular weight excluding hydrogens is 217 g/mol. The van der Waals surface area contributed by atoms with Gasteiger partial charge in [-0.2, -0.15) is 0 Å². The van der Waals surface area contributed by atoms with Crippen LogP contribution in [0.15, 0.2) is 18.2 Å². The first-order valence-electron chi connectivity index (χ1n) is 4.51. The van der Waals surface area contributed by atoms with E-state index in [2.05, 4.69) is 10.1 Å². The molecule has 16 heavy (non-hydrogen) atoms. The van der Waals surface area contributed by atoms with E-state index in [0.717, 1.165) is 18.2 Å². The molecule has 0 saturated carbocycles. The fraction of sp³-hybridized carbons (Fsp3) is 0.200. The van der Waals surface area contributed by atoms with Crippen molar-refractivity contribution in [2.45, 2.75) is 6.92 Å². The van der Waals surface area contributed by atoms with Gasteiger partial charge in [-0.15, -0.1) is 0 Å². The minimum atomic E-state index is -1.06. The van der Waals surface area contributed by atoms with Gasteiger partial charge >= 0.3 is 11.9 Å². The van der Waals surface area contributed by atoms with Crippen molar-refractivity contribution in [3.8, 4) is 5.75 Å². The molecule has 1 aromatic rings. The molecule has 0 aliphatic heterocycles. The molecule has 5 nitrogen and oxygen atoms in total. The number of hydrogen-bond donors (Lipinski definition) is 2. The molecule has 0 aliphatic carbocycles. The van der Waals surface area contributed by atoms with E-state index in [4.69, 9.17) is 0 Å². The quantitative estimate of drug-likeness (QED) is 0.449. The zero-order valence-corrected chi connectivity index (χ0v) is 8.49. The highest BCUT2D eigenvalue weighted by molar-refractivity contribution is 6.37. The molecule has 0 bridgehead atoms. The Morgan fingerprint density at radius 1 is 1.50 bits per heavy atom. The summed E-state index contributed by atoms with van der Waals surface area (Å²) in [6, 6.07) is 3.00. The first-order valence-corrected chi connectivity index (χ1v) is 4.51. The van der Waals surface area contributed by atoms with Crippen LogP contribution in [-0.4, -0.2) is 23.6 Å². The number of nitrogens with one attached hydrogen (secondary N) is 1. The Labute approximate surface area is 90.8 Å². The largest absolute Gasteiger partial charge is 0.506 e. The second-order valence-electron chi connectivity index (χ2n) is 2.84. The lowest BCUT2D eigenvalue weighted by Gasteiger charge is -2.06. The molecule has 0 radical (unpaired) electrons. The van der Waals surface area contributed by atoms with E-state index in [1.807, 2.05) is 0 Å². The van der Waals surface area contributed by atoms with Gasteiger partial charge in [-0.05, 0) is 19.1 Å². The monoisotopic (exact) mass is 227 g/mol. The Morgan fingerprint density at radius 3 is 2.75 bits per heavy atom. The Kier molecular flexibility index (Phi) is 3.82. The molecule has 6 heteroatoms. The van der Waals surface area contributed by atoms with E-state index in [-0.39, 0.29) is 12.3 Å². The van der Waals surface area contributed by atoms with Gasteiger partial charge in [0.2, 0.25) is 0 Å². The van der Waals surface area contributed by atoms with E-state index < -0.39 is 23.4 Å². The number of phenolic OH excluding ortho intramolecular Hbond substituents is 1. The molecule has 0 saturated heterocycles. The summed E-state index contributed by atoms with van der Waals surface area (Å²) < 4.78 is 17.0. The minimum Gasteiger partial charge on any atom is -0.506 e. The van der Waals surface area contributed by atoms with E-state index in [1.165, 1.54) is 0 Å². The maximum atomic E-state index is 12.6. The van der Waals surface area contributed by atoms with E-state index in [0.29, 0.717) is 0 Å². The predicted molar refractivity (Wildman–Crippen MR) is 53.3 cm³/mol. The molecule has 1 rings (SSSR count). The SMILES string of the molecule is CCOC(=O)C(=O)Nc1ccc(F)cc1O. The summed E-state index contributed by atoms with van der Waals surface area (Å²) in [5, 5.41) is 11.3. The van der Waals surface area contributed by atoms with Crippen molar-refractivity contribution in [1.82, 2.24) is 0 Å². The van der Waals surface area contributed by atoms with Crippen LogP contribution >= 0.6 is 0 Å². The van der Waals surface area contributed by atoms with Crippen molar-refractivity contribution >= 4 is 17.6 Å². The third-order valence-electron chi connectivity index (χ3n) is 1.67.